The number of halogens is 1. The Morgan fingerprint density at radius 3 is 2.32 bits per heavy atom. The molecule has 2 rings (SSSR count). The quantitative estimate of drug-likeness (QED) is 0.897. The van der Waals surface area contributed by atoms with Gasteiger partial charge in [-0.2, -0.15) is 0 Å². The third-order valence-corrected chi connectivity index (χ3v) is 4.59. The van der Waals surface area contributed by atoms with Gasteiger partial charge in [0.1, 0.15) is 5.82 Å². The molecule has 1 aliphatic heterocycles. The van der Waals surface area contributed by atoms with E-state index in [1.807, 2.05) is 19.2 Å². The Hall–Kier alpha value is -0.930. The first-order chi connectivity index (χ1) is 9.08. The fourth-order valence-electron chi connectivity index (χ4n) is 2.97. The minimum absolute atomic E-state index is 0.153. The summed E-state index contributed by atoms with van der Waals surface area (Å²) in [4.78, 5) is 2.53. The van der Waals surface area contributed by atoms with Crippen LogP contribution in [0.4, 0.5) is 4.39 Å². The third kappa shape index (κ3) is 3.34. The summed E-state index contributed by atoms with van der Waals surface area (Å²) in [5, 5.41) is 3.43. The number of rotatable bonds is 4. The Bertz CT molecular complexity index is 394. The van der Waals surface area contributed by atoms with E-state index in [1.54, 1.807) is 12.1 Å². The van der Waals surface area contributed by atoms with E-state index in [-0.39, 0.29) is 11.4 Å². The summed E-state index contributed by atoms with van der Waals surface area (Å²) in [6, 6.07) is 7.41. The molecule has 0 aromatic heterocycles. The summed E-state index contributed by atoms with van der Waals surface area (Å²) >= 11 is 0. The molecule has 106 valence electrons. The van der Waals surface area contributed by atoms with E-state index < -0.39 is 0 Å². The fraction of sp³-hybridized carbons (Fsp3) is 0.625. The molecule has 1 heterocycles. The van der Waals surface area contributed by atoms with Gasteiger partial charge in [-0.15, -0.1) is 0 Å². The van der Waals surface area contributed by atoms with Gasteiger partial charge >= 0.3 is 0 Å². The van der Waals surface area contributed by atoms with Gasteiger partial charge < -0.3 is 5.32 Å². The van der Waals surface area contributed by atoms with Gasteiger partial charge in [0.25, 0.3) is 0 Å². The van der Waals surface area contributed by atoms with Crippen molar-refractivity contribution in [3.05, 3.63) is 35.6 Å². The Labute approximate surface area is 116 Å². The van der Waals surface area contributed by atoms with Gasteiger partial charge in [-0.3, -0.25) is 4.90 Å². The highest BCUT2D eigenvalue weighted by Crippen LogP contribution is 2.30. The van der Waals surface area contributed by atoms with Gasteiger partial charge in [0.2, 0.25) is 0 Å². The van der Waals surface area contributed by atoms with E-state index in [0.717, 1.165) is 19.5 Å². The monoisotopic (exact) mass is 264 g/mol. The minimum atomic E-state index is -0.153. The lowest BCUT2D eigenvalue weighted by atomic mass is 9.88. The molecule has 1 saturated heterocycles. The maximum Gasteiger partial charge on any atom is 0.123 e. The van der Waals surface area contributed by atoms with Crippen molar-refractivity contribution >= 4 is 0 Å². The molecule has 0 aliphatic carbocycles. The van der Waals surface area contributed by atoms with E-state index in [9.17, 15) is 4.39 Å². The SMILES string of the molecule is CCC(c1ccc(F)cc1)N1CCC(C)(NC)CC1. The lowest BCUT2D eigenvalue weighted by Gasteiger charge is -2.42. The van der Waals surface area contributed by atoms with Crippen molar-refractivity contribution in [2.75, 3.05) is 20.1 Å². The molecule has 3 heteroatoms. The normalized spacial score (nSPS) is 21.3. The van der Waals surface area contributed by atoms with Gasteiger partial charge in [-0.25, -0.2) is 4.39 Å². The summed E-state index contributed by atoms with van der Waals surface area (Å²) in [6.45, 7) is 6.71. The van der Waals surface area contributed by atoms with Crippen LogP contribution in [0, 0.1) is 5.82 Å². The molecule has 0 amide bonds. The topological polar surface area (TPSA) is 15.3 Å². The van der Waals surface area contributed by atoms with Gasteiger partial charge in [0.05, 0.1) is 0 Å². The molecule has 0 radical (unpaired) electrons. The Kier molecular flexibility index (Phi) is 4.58. The molecule has 1 aliphatic rings. The van der Waals surface area contributed by atoms with Crippen molar-refractivity contribution in [3.63, 3.8) is 0 Å². The van der Waals surface area contributed by atoms with E-state index >= 15 is 0 Å². The highest BCUT2D eigenvalue weighted by molar-refractivity contribution is 5.20. The number of likely N-dealkylation sites (tertiary alicyclic amines) is 1. The number of benzene rings is 1. The molecule has 1 unspecified atom stereocenters. The molecule has 1 atom stereocenters. The molecule has 1 aromatic carbocycles. The highest BCUT2D eigenvalue weighted by Gasteiger charge is 2.31. The molecule has 1 N–H and O–H groups in total. The van der Waals surface area contributed by atoms with Crippen molar-refractivity contribution in [3.8, 4) is 0 Å². The zero-order valence-corrected chi connectivity index (χ0v) is 12.2. The van der Waals surface area contributed by atoms with Gasteiger partial charge in [0, 0.05) is 24.7 Å². The van der Waals surface area contributed by atoms with E-state index in [2.05, 4.69) is 24.1 Å². The minimum Gasteiger partial charge on any atom is -0.314 e. The van der Waals surface area contributed by atoms with Crippen molar-refractivity contribution in [1.29, 1.82) is 0 Å². The molecule has 0 spiro atoms. The van der Waals surface area contributed by atoms with Crippen LogP contribution in [0.2, 0.25) is 0 Å². The second-order valence-corrected chi connectivity index (χ2v) is 5.82. The Balaban J connectivity index is 2.05. The Morgan fingerprint density at radius 1 is 1.26 bits per heavy atom. The number of hydrogen-bond donors (Lipinski definition) is 1. The van der Waals surface area contributed by atoms with Crippen LogP contribution in [-0.2, 0) is 0 Å². The van der Waals surface area contributed by atoms with Gasteiger partial charge in [-0.1, -0.05) is 19.1 Å². The number of piperidine rings is 1. The van der Waals surface area contributed by atoms with Crippen LogP contribution in [0.3, 0.4) is 0 Å². The van der Waals surface area contributed by atoms with Crippen LogP contribution < -0.4 is 5.32 Å². The number of nitrogens with one attached hydrogen (secondary N) is 1. The smallest absolute Gasteiger partial charge is 0.123 e. The van der Waals surface area contributed by atoms with Crippen LogP contribution in [0.1, 0.15) is 44.7 Å². The molecule has 0 saturated carbocycles. The first kappa shape index (κ1) is 14.5. The van der Waals surface area contributed by atoms with E-state index in [0.29, 0.717) is 6.04 Å². The number of nitrogens with zero attached hydrogens (tertiary/aromatic N) is 1. The zero-order chi connectivity index (χ0) is 13.9. The summed E-state index contributed by atoms with van der Waals surface area (Å²) in [5.41, 5.74) is 1.51. The van der Waals surface area contributed by atoms with Crippen molar-refractivity contribution in [2.45, 2.75) is 44.7 Å². The number of hydrogen-bond acceptors (Lipinski definition) is 2. The van der Waals surface area contributed by atoms with Crippen LogP contribution >= 0.6 is 0 Å². The summed E-state index contributed by atoms with van der Waals surface area (Å²) < 4.78 is 13.0. The second kappa shape index (κ2) is 6.02. The first-order valence-electron chi connectivity index (χ1n) is 7.26. The molecule has 1 aromatic rings. The average molecular weight is 264 g/mol. The summed E-state index contributed by atoms with van der Waals surface area (Å²) in [7, 11) is 2.05. The standard InChI is InChI=1S/C16H25FN2/c1-4-15(13-5-7-14(17)8-6-13)19-11-9-16(2,18-3)10-12-19/h5-8,15,18H,4,9-12H2,1-3H3. The van der Waals surface area contributed by atoms with Crippen LogP contribution in [0.15, 0.2) is 24.3 Å². The van der Waals surface area contributed by atoms with Gasteiger partial charge in [0.15, 0.2) is 0 Å². The lowest BCUT2D eigenvalue weighted by molar-refractivity contribution is 0.107. The molecule has 0 bridgehead atoms. The predicted molar refractivity (Wildman–Crippen MR) is 77.7 cm³/mol. The van der Waals surface area contributed by atoms with Crippen molar-refractivity contribution in [1.82, 2.24) is 10.2 Å². The third-order valence-electron chi connectivity index (χ3n) is 4.59. The molecular formula is C16H25FN2. The average Bonchev–Trinajstić information content (AvgIpc) is 2.44. The van der Waals surface area contributed by atoms with Gasteiger partial charge in [-0.05, 0) is 50.9 Å². The molecule has 19 heavy (non-hydrogen) atoms. The largest absolute Gasteiger partial charge is 0.314 e. The highest BCUT2D eigenvalue weighted by atomic mass is 19.1. The molecular weight excluding hydrogens is 239 g/mol. The second-order valence-electron chi connectivity index (χ2n) is 5.82. The van der Waals surface area contributed by atoms with Crippen molar-refractivity contribution in [2.24, 2.45) is 0 Å². The lowest BCUT2D eigenvalue weighted by Crippen LogP contribution is -2.50. The van der Waals surface area contributed by atoms with Crippen LogP contribution in [0.5, 0.6) is 0 Å². The fourth-order valence-corrected chi connectivity index (χ4v) is 2.97. The molecule has 2 nitrogen and oxygen atoms in total. The first-order valence-corrected chi connectivity index (χ1v) is 7.26. The van der Waals surface area contributed by atoms with E-state index in [1.165, 1.54) is 18.4 Å². The summed E-state index contributed by atoms with van der Waals surface area (Å²) in [5.74, 6) is -0.153. The maximum absolute atomic E-state index is 13.0. The summed E-state index contributed by atoms with van der Waals surface area (Å²) in [6.07, 6.45) is 3.41. The molecule has 1 fully saturated rings. The van der Waals surface area contributed by atoms with Crippen molar-refractivity contribution < 1.29 is 4.39 Å². The van der Waals surface area contributed by atoms with E-state index in [4.69, 9.17) is 0 Å². The predicted octanol–water partition coefficient (Wildman–Crippen LogP) is 3.35. The Morgan fingerprint density at radius 2 is 1.84 bits per heavy atom. The van der Waals surface area contributed by atoms with Crippen LogP contribution in [-0.4, -0.2) is 30.6 Å². The van der Waals surface area contributed by atoms with Crippen LogP contribution in [0.25, 0.3) is 0 Å². The maximum atomic E-state index is 13.0. The zero-order valence-electron chi connectivity index (χ0n) is 12.2.